The highest BCUT2D eigenvalue weighted by Gasteiger charge is 2.47. The summed E-state index contributed by atoms with van der Waals surface area (Å²) in [5.41, 5.74) is -0.479. The molecule has 2 aliphatic carbocycles. The maximum Gasteiger partial charge on any atom is 0.168 e. The summed E-state index contributed by atoms with van der Waals surface area (Å²) in [6.07, 6.45) is 2.68. The third-order valence-electron chi connectivity index (χ3n) is 4.49. The first-order valence-corrected chi connectivity index (χ1v) is 6.92. The molecule has 1 saturated carbocycles. The molecule has 0 radical (unpaired) electrons. The largest absolute Gasteiger partial charge is 0.382 e. The number of Topliss-reactive ketones (excluding diaryl/α,β-unsaturated/α-hetero) is 3. The normalized spacial score (nSPS) is 38.5. The van der Waals surface area contributed by atoms with Gasteiger partial charge in [0, 0.05) is 24.7 Å². The van der Waals surface area contributed by atoms with Gasteiger partial charge in [-0.1, -0.05) is 12.7 Å². The van der Waals surface area contributed by atoms with Crippen LogP contribution < -0.4 is 0 Å². The third kappa shape index (κ3) is 2.52. The van der Waals surface area contributed by atoms with E-state index in [0.717, 1.165) is 0 Å². The van der Waals surface area contributed by atoms with E-state index in [4.69, 9.17) is 0 Å². The molecule has 0 aromatic carbocycles. The van der Waals surface area contributed by atoms with E-state index in [9.17, 15) is 19.5 Å². The highest BCUT2D eigenvalue weighted by molar-refractivity contribution is 6.06. The molecule has 0 saturated heterocycles. The van der Waals surface area contributed by atoms with Crippen LogP contribution >= 0.6 is 0 Å². The quantitative estimate of drug-likeness (QED) is 0.684. The molecule has 1 N–H and O–H groups in total. The van der Waals surface area contributed by atoms with Gasteiger partial charge in [-0.3, -0.25) is 14.4 Å². The summed E-state index contributed by atoms with van der Waals surface area (Å²) in [6, 6.07) is 0. The summed E-state index contributed by atoms with van der Waals surface area (Å²) in [7, 11) is 0. The van der Waals surface area contributed by atoms with Gasteiger partial charge >= 0.3 is 0 Å². The maximum absolute atomic E-state index is 12.5. The Bertz CT molecular complexity index is 525. The van der Waals surface area contributed by atoms with Gasteiger partial charge in [0.25, 0.3) is 0 Å². The molecule has 0 bridgehead atoms. The second-order valence-electron chi connectivity index (χ2n) is 6.06. The van der Waals surface area contributed by atoms with Crippen LogP contribution in [0.4, 0.5) is 0 Å². The molecule has 2 aliphatic rings. The average molecular weight is 276 g/mol. The van der Waals surface area contributed by atoms with Gasteiger partial charge in [0.15, 0.2) is 17.3 Å². The topological polar surface area (TPSA) is 71.4 Å². The van der Waals surface area contributed by atoms with E-state index in [1.807, 2.05) is 0 Å². The van der Waals surface area contributed by atoms with E-state index in [0.29, 0.717) is 17.6 Å². The van der Waals surface area contributed by atoms with E-state index in [1.54, 1.807) is 13.0 Å². The molecular formula is C16H20O4. The predicted octanol–water partition coefficient (Wildman–Crippen LogP) is 1.77. The predicted molar refractivity (Wildman–Crippen MR) is 74.0 cm³/mol. The first kappa shape index (κ1) is 14.9. The first-order chi connectivity index (χ1) is 9.24. The number of fused-ring (bicyclic) bond motifs is 1. The Morgan fingerprint density at radius 2 is 1.80 bits per heavy atom. The third-order valence-corrected chi connectivity index (χ3v) is 4.49. The number of allylic oxidation sites excluding steroid dienone is 3. The molecule has 0 spiro atoms. The van der Waals surface area contributed by atoms with Crippen molar-refractivity contribution in [2.24, 2.45) is 11.8 Å². The van der Waals surface area contributed by atoms with Gasteiger partial charge in [0.05, 0.1) is 0 Å². The monoisotopic (exact) mass is 276 g/mol. The van der Waals surface area contributed by atoms with Gasteiger partial charge in [-0.25, -0.2) is 0 Å². The highest BCUT2D eigenvalue weighted by Crippen LogP contribution is 2.40. The van der Waals surface area contributed by atoms with Gasteiger partial charge in [0.2, 0.25) is 0 Å². The molecule has 0 heterocycles. The molecular weight excluding hydrogens is 256 g/mol. The standard InChI is InChI=1S/C16H20O4/c1-9-5-4-6-16(3,20)15(19)12-8-14(18)10(2)11(12)7-13(9)17/h5,11-12,20H,2,4,6-8H2,1,3H3/b9-5-. The molecule has 108 valence electrons. The van der Waals surface area contributed by atoms with Crippen molar-refractivity contribution in [1.82, 2.24) is 0 Å². The number of aliphatic hydroxyl groups is 1. The Kier molecular flexibility index (Phi) is 3.78. The molecule has 20 heavy (non-hydrogen) atoms. The fourth-order valence-electron chi connectivity index (χ4n) is 3.03. The van der Waals surface area contributed by atoms with Crippen LogP contribution in [0.3, 0.4) is 0 Å². The first-order valence-electron chi connectivity index (χ1n) is 6.92. The number of carbonyl (C=O) groups is 3. The van der Waals surface area contributed by atoms with Crippen molar-refractivity contribution in [2.75, 3.05) is 0 Å². The van der Waals surface area contributed by atoms with Crippen LogP contribution in [0.1, 0.15) is 39.5 Å². The second kappa shape index (κ2) is 5.09. The molecule has 4 heteroatoms. The number of hydrogen-bond acceptors (Lipinski definition) is 4. The molecule has 0 amide bonds. The molecule has 2 rings (SSSR count). The lowest BCUT2D eigenvalue weighted by Gasteiger charge is -2.28. The SMILES string of the molecule is C=C1C(=O)CC2C(=O)C(C)(O)CC/C=C(/C)C(=O)CC12. The van der Waals surface area contributed by atoms with E-state index < -0.39 is 17.4 Å². The molecule has 4 nitrogen and oxygen atoms in total. The van der Waals surface area contributed by atoms with Gasteiger partial charge in [0.1, 0.15) is 5.60 Å². The van der Waals surface area contributed by atoms with Crippen molar-refractivity contribution in [3.05, 3.63) is 23.8 Å². The van der Waals surface area contributed by atoms with Crippen LogP contribution in [0.15, 0.2) is 23.8 Å². The van der Waals surface area contributed by atoms with Gasteiger partial charge < -0.3 is 5.11 Å². The summed E-state index contributed by atoms with van der Waals surface area (Å²) in [4.78, 5) is 36.4. The summed E-state index contributed by atoms with van der Waals surface area (Å²) in [5.74, 6) is -1.63. The molecule has 0 aromatic heterocycles. The zero-order chi connectivity index (χ0) is 15.1. The molecule has 0 aliphatic heterocycles. The van der Waals surface area contributed by atoms with Crippen molar-refractivity contribution < 1.29 is 19.5 Å². The number of rotatable bonds is 0. The van der Waals surface area contributed by atoms with Crippen molar-refractivity contribution in [1.29, 1.82) is 0 Å². The highest BCUT2D eigenvalue weighted by atomic mass is 16.3. The minimum atomic E-state index is -1.45. The summed E-state index contributed by atoms with van der Waals surface area (Å²) >= 11 is 0. The van der Waals surface area contributed by atoms with Crippen molar-refractivity contribution >= 4 is 17.3 Å². The van der Waals surface area contributed by atoms with Gasteiger partial charge in [-0.15, -0.1) is 0 Å². The summed E-state index contributed by atoms with van der Waals surface area (Å²) in [6.45, 7) is 6.95. The average Bonchev–Trinajstić information content (AvgIpc) is 2.64. The van der Waals surface area contributed by atoms with Crippen molar-refractivity contribution in [3.63, 3.8) is 0 Å². The summed E-state index contributed by atoms with van der Waals surface area (Å²) < 4.78 is 0. The summed E-state index contributed by atoms with van der Waals surface area (Å²) in [5, 5.41) is 10.3. The second-order valence-corrected chi connectivity index (χ2v) is 6.06. The van der Waals surface area contributed by atoms with Crippen LogP contribution in [-0.4, -0.2) is 28.1 Å². The maximum atomic E-state index is 12.5. The van der Waals surface area contributed by atoms with Gasteiger partial charge in [-0.2, -0.15) is 0 Å². The Morgan fingerprint density at radius 3 is 2.45 bits per heavy atom. The van der Waals surface area contributed by atoms with Crippen molar-refractivity contribution in [2.45, 2.75) is 45.1 Å². The zero-order valence-electron chi connectivity index (χ0n) is 11.9. The Morgan fingerprint density at radius 1 is 1.20 bits per heavy atom. The molecule has 0 aromatic rings. The molecule has 3 unspecified atom stereocenters. The number of ketones is 3. The lowest BCUT2D eigenvalue weighted by atomic mass is 9.77. The van der Waals surface area contributed by atoms with Crippen LogP contribution in [0.25, 0.3) is 0 Å². The van der Waals surface area contributed by atoms with E-state index in [1.165, 1.54) is 6.92 Å². The lowest BCUT2D eigenvalue weighted by molar-refractivity contribution is -0.142. The van der Waals surface area contributed by atoms with E-state index in [-0.39, 0.29) is 36.6 Å². The van der Waals surface area contributed by atoms with Crippen LogP contribution in [0.5, 0.6) is 0 Å². The number of carbonyl (C=O) groups excluding carboxylic acids is 3. The van der Waals surface area contributed by atoms with Crippen LogP contribution in [-0.2, 0) is 14.4 Å². The minimum absolute atomic E-state index is 0.0507. The molecule has 3 atom stereocenters. The Balaban J connectivity index is 2.42. The Hall–Kier alpha value is -1.55. The Labute approximate surface area is 118 Å². The van der Waals surface area contributed by atoms with E-state index >= 15 is 0 Å². The van der Waals surface area contributed by atoms with Gasteiger partial charge in [-0.05, 0) is 37.8 Å². The van der Waals surface area contributed by atoms with E-state index in [2.05, 4.69) is 6.58 Å². The fourth-order valence-corrected chi connectivity index (χ4v) is 3.03. The smallest absolute Gasteiger partial charge is 0.168 e. The van der Waals surface area contributed by atoms with Crippen LogP contribution in [0, 0.1) is 11.8 Å². The molecule has 1 fully saturated rings. The fraction of sp³-hybridized carbons (Fsp3) is 0.562. The minimum Gasteiger partial charge on any atom is -0.382 e. The lowest BCUT2D eigenvalue weighted by Crippen LogP contribution is -2.41. The van der Waals surface area contributed by atoms with Crippen LogP contribution in [0.2, 0.25) is 0 Å². The zero-order valence-corrected chi connectivity index (χ0v) is 11.9. The van der Waals surface area contributed by atoms with Crippen molar-refractivity contribution in [3.8, 4) is 0 Å². The number of hydrogen-bond donors (Lipinski definition) is 1.